The summed E-state index contributed by atoms with van der Waals surface area (Å²) in [4.78, 5) is 12.0. The first kappa shape index (κ1) is 18.5. The maximum absolute atomic E-state index is 13.2. The molecule has 0 saturated carbocycles. The number of nitrogens with two attached hydrogens (primary N) is 1. The molecule has 0 aromatic rings. The van der Waals surface area contributed by atoms with Gasteiger partial charge in [0.1, 0.15) is 6.04 Å². The van der Waals surface area contributed by atoms with E-state index in [9.17, 15) is 18.0 Å². The minimum Gasteiger partial charge on any atom is -0.377 e. The fourth-order valence-electron chi connectivity index (χ4n) is 3.29. The lowest BCUT2D eigenvalue weighted by atomic mass is 9.97. The molecule has 1 amide bonds. The van der Waals surface area contributed by atoms with Crippen molar-refractivity contribution in [2.24, 2.45) is 11.7 Å². The zero-order valence-corrected chi connectivity index (χ0v) is 13.2. The Balaban J connectivity index is 1.83. The molecular weight excluding hydrogens is 311 g/mol. The predicted octanol–water partition coefficient (Wildman–Crippen LogP) is 1.32. The van der Waals surface area contributed by atoms with Crippen molar-refractivity contribution in [1.82, 2.24) is 10.6 Å². The van der Waals surface area contributed by atoms with Gasteiger partial charge in [-0.25, -0.2) is 0 Å². The topological polar surface area (TPSA) is 76.4 Å². The Labute approximate surface area is 134 Å². The molecule has 2 aliphatic rings. The van der Waals surface area contributed by atoms with Crippen LogP contribution in [0.4, 0.5) is 13.2 Å². The fraction of sp³-hybridized carbons (Fsp3) is 0.933. The van der Waals surface area contributed by atoms with Crippen LogP contribution < -0.4 is 16.4 Å². The van der Waals surface area contributed by atoms with Gasteiger partial charge >= 0.3 is 6.18 Å². The van der Waals surface area contributed by atoms with Crippen molar-refractivity contribution in [2.75, 3.05) is 19.7 Å². The van der Waals surface area contributed by atoms with Crippen molar-refractivity contribution in [3.05, 3.63) is 0 Å². The molecule has 0 aromatic heterocycles. The van der Waals surface area contributed by atoms with Crippen LogP contribution in [0.5, 0.6) is 0 Å². The van der Waals surface area contributed by atoms with Gasteiger partial charge in [-0.15, -0.1) is 0 Å². The number of nitrogens with one attached hydrogen (secondary N) is 2. The van der Waals surface area contributed by atoms with Crippen LogP contribution in [0.1, 0.15) is 38.5 Å². The first-order chi connectivity index (χ1) is 10.9. The molecule has 4 N–H and O–H groups in total. The average Bonchev–Trinajstić information content (AvgIpc) is 2.94. The maximum atomic E-state index is 13.2. The van der Waals surface area contributed by atoms with E-state index in [4.69, 9.17) is 10.5 Å². The molecule has 0 spiro atoms. The van der Waals surface area contributed by atoms with Crippen LogP contribution in [0.15, 0.2) is 0 Å². The average molecular weight is 337 g/mol. The molecule has 2 fully saturated rings. The van der Waals surface area contributed by atoms with Crippen LogP contribution in [-0.4, -0.2) is 50.0 Å². The van der Waals surface area contributed by atoms with Gasteiger partial charge < -0.3 is 21.1 Å². The number of hydrogen-bond donors (Lipinski definition) is 3. The molecule has 0 aromatic carbocycles. The highest BCUT2D eigenvalue weighted by Gasteiger charge is 2.42. The first-order valence-electron chi connectivity index (χ1n) is 8.29. The molecule has 2 heterocycles. The molecule has 0 radical (unpaired) electrons. The Morgan fingerprint density at radius 1 is 1.39 bits per heavy atom. The highest BCUT2D eigenvalue weighted by atomic mass is 19.4. The minimum absolute atomic E-state index is 0.0507. The summed E-state index contributed by atoms with van der Waals surface area (Å²) < 4.78 is 44.9. The quantitative estimate of drug-likeness (QED) is 0.683. The summed E-state index contributed by atoms with van der Waals surface area (Å²) in [6, 6.07) is -1.98. The normalized spacial score (nSPS) is 30.2. The molecule has 0 aliphatic carbocycles. The summed E-state index contributed by atoms with van der Waals surface area (Å²) in [5.41, 5.74) is 5.49. The van der Waals surface area contributed by atoms with E-state index in [2.05, 4.69) is 10.6 Å². The molecule has 2 saturated heterocycles. The second-order valence-electron chi connectivity index (χ2n) is 6.54. The van der Waals surface area contributed by atoms with Gasteiger partial charge in [-0.05, 0) is 38.1 Å². The third-order valence-corrected chi connectivity index (χ3v) is 4.56. The maximum Gasteiger partial charge on any atom is 0.408 e. The van der Waals surface area contributed by atoms with Crippen molar-refractivity contribution >= 4 is 5.91 Å². The summed E-state index contributed by atoms with van der Waals surface area (Å²) in [5, 5.41) is 5.27. The van der Waals surface area contributed by atoms with Crippen molar-refractivity contribution in [2.45, 2.75) is 62.9 Å². The third kappa shape index (κ3) is 5.93. The Bertz CT molecular complexity index is 387. The second-order valence-corrected chi connectivity index (χ2v) is 6.54. The van der Waals surface area contributed by atoms with Crippen LogP contribution >= 0.6 is 0 Å². The summed E-state index contributed by atoms with van der Waals surface area (Å²) in [6.45, 7) is 1.50. The van der Waals surface area contributed by atoms with Crippen molar-refractivity contribution in [3.8, 4) is 0 Å². The van der Waals surface area contributed by atoms with Gasteiger partial charge in [0.25, 0.3) is 0 Å². The van der Waals surface area contributed by atoms with E-state index in [1.165, 1.54) is 0 Å². The number of piperidine rings is 1. The Morgan fingerprint density at radius 2 is 2.17 bits per heavy atom. The van der Waals surface area contributed by atoms with E-state index in [-0.39, 0.29) is 30.9 Å². The number of carbonyl (C=O) groups excluding carboxylic acids is 1. The fourth-order valence-corrected chi connectivity index (χ4v) is 3.29. The lowest BCUT2D eigenvalue weighted by Crippen LogP contribution is -2.50. The zero-order valence-electron chi connectivity index (χ0n) is 13.2. The van der Waals surface area contributed by atoms with Crippen molar-refractivity contribution < 1.29 is 22.7 Å². The van der Waals surface area contributed by atoms with Gasteiger partial charge in [0, 0.05) is 19.0 Å². The largest absolute Gasteiger partial charge is 0.408 e. The molecule has 134 valence electrons. The smallest absolute Gasteiger partial charge is 0.377 e. The van der Waals surface area contributed by atoms with Gasteiger partial charge in [0.05, 0.1) is 12.7 Å². The highest BCUT2D eigenvalue weighted by Crippen LogP contribution is 2.27. The number of ether oxygens (including phenoxy) is 1. The van der Waals surface area contributed by atoms with Crippen LogP contribution in [0, 0.1) is 5.92 Å². The number of alkyl halides is 3. The zero-order chi connectivity index (χ0) is 16.9. The van der Waals surface area contributed by atoms with Gasteiger partial charge in [0.2, 0.25) is 5.91 Å². The van der Waals surface area contributed by atoms with Crippen molar-refractivity contribution in [1.29, 1.82) is 0 Å². The molecule has 23 heavy (non-hydrogen) atoms. The Morgan fingerprint density at radius 3 is 2.74 bits per heavy atom. The summed E-state index contributed by atoms with van der Waals surface area (Å²) in [5.74, 6) is -0.611. The number of halogens is 3. The van der Waals surface area contributed by atoms with E-state index in [0.717, 1.165) is 25.8 Å². The molecule has 2 rings (SSSR count). The number of rotatable bonds is 6. The SMILES string of the molecule is NCC1CC(CC(=O)NC(CC2CCCCN2)C(F)(F)F)CO1. The Kier molecular flexibility index (Phi) is 6.67. The molecule has 5 nitrogen and oxygen atoms in total. The molecule has 4 unspecified atom stereocenters. The van der Waals surface area contributed by atoms with Gasteiger partial charge in [-0.3, -0.25) is 4.79 Å². The standard InChI is InChI=1S/C15H26F3N3O2/c16-15(17,18)13(7-11-3-1-2-4-20-11)21-14(22)6-10-5-12(8-19)23-9-10/h10-13,20H,1-9,19H2,(H,21,22). The van der Waals surface area contributed by atoms with Gasteiger partial charge in [0.15, 0.2) is 0 Å². The molecule has 2 aliphatic heterocycles. The van der Waals surface area contributed by atoms with E-state index < -0.39 is 18.1 Å². The highest BCUT2D eigenvalue weighted by molar-refractivity contribution is 5.76. The lowest BCUT2D eigenvalue weighted by molar-refractivity contribution is -0.164. The molecule has 4 atom stereocenters. The Hall–Kier alpha value is -0.860. The second kappa shape index (κ2) is 8.30. The van der Waals surface area contributed by atoms with E-state index in [1.54, 1.807) is 0 Å². The number of amides is 1. The molecular formula is C15H26F3N3O2. The first-order valence-corrected chi connectivity index (χ1v) is 8.29. The third-order valence-electron chi connectivity index (χ3n) is 4.56. The lowest BCUT2D eigenvalue weighted by Gasteiger charge is -2.29. The summed E-state index contributed by atoms with van der Waals surface area (Å²) in [7, 11) is 0. The van der Waals surface area contributed by atoms with Crippen LogP contribution in [0.3, 0.4) is 0 Å². The summed E-state index contributed by atoms with van der Waals surface area (Å²) in [6.07, 6.45) is -1.30. The number of carbonyl (C=O) groups is 1. The van der Waals surface area contributed by atoms with Crippen molar-refractivity contribution in [3.63, 3.8) is 0 Å². The molecule has 8 heteroatoms. The van der Waals surface area contributed by atoms with Crippen LogP contribution in [0.25, 0.3) is 0 Å². The van der Waals surface area contributed by atoms with E-state index >= 15 is 0 Å². The van der Waals surface area contributed by atoms with Crippen LogP contribution in [0.2, 0.25) is 0 Å². The van der Waals surface area contributed by atoms with E-state index in [0.29, 0.717) is 19.6 Å². The summed E-state index contributed by atoms with van der Waals surface area (Å²) >= 11 is 0. The monoisotopic (exact) mass is 337 g/mol. The minimum atomic E-state index is -4.43. The predicted molar refractivity (Wildman–Crippen MR) is 79.8 cm³/mol. The van der Waals surface area contributed by atoms with Gasteiger partial charge in [-0.1, -0.05) is 6.42 Å². The molecule has 0 bridgehead atoms. The van der Waals surface area contributed by atoms with Gasteiger partial charge in [-0.2, -0.15) is 13.2 Å². The van der Waals surface area contributed by atoms with E-state index in [1.807, 2.05) is 0 Å². The number of hydrogen-bond acceptors (Lipinski definition) is 4. The van der Waals surface area contributed by atoms with Crippen LogP contribution in [-0.2, 0) is 9.53 Å².